The molecule has 2 heteroatoms. The Hall–Kier alpha value is -5.99. The van der Waals surface area contributed by atoms with Gasteiger partial charge >= 0.3 is 0 Å². The molecule has 9 aromatic rings. The lowest BCUT2D eigenvalue weighted by Gasteiger charge is -2.20. The minimum atomic E-state index is -2.93. The molecule has 0 unspecified atom stereocenters. The summed E-state index contributed by atoms with van der Waals surface area (Å²) >= 11 is 0. The first kappa shape index (κ1) is 22.5. The summed E-state index contributed by atoms with van der Waals surface area (Å²) in [4.78, 5) is 4.59. The van der Waals surface area contributed by atoms with E-state index in [1.807, 2.05) is 48.5 Å². The van der Waals surface area contributed by atoms with Gasteiger partial charge < -0.3 is 0 Å². The lowest BCUT2D eigenvalue weighted by Crippen LogP contribution is -2.01. The molecule has 0 aliphatic heterocycles. The molecule has 0 aliphatic rings. The summed E-state index contributed by atoms with van der Waals surface area (Å²) in [7, 11) is 0. The van der Waals surface area contributed by atoms with E-state index in [0.717, 1.165) is 49.0 Å². The summed E-state index contributed by atoms with van der Waals surface area (Å²) < 4.78 is 43.5. The van der Waals surface area contributed by atoms with Gasteiger partial charge in [0.05, 0.1) is 16.7 Å². The van der Waals surface area contributed by atoms with Gasteiger partial charge in [0.1, 0.15) is 5.82 Å². The molecule has 1 heterocycles. The van der Waals surface area contributed by atoms with E-state index in [9.17, 15) is 0 Å². The van der Waals surface area contributed by atoms with E-state index in [1.54, 1.807) is 10.6 Å². The van der Waals surface area contributed by atoms with E-state index in [4.69, 9.17) is 6.85 Å². The van der Waals surface area contributed by atoms with E-state index in [2.05, 4.69) is 114 Å². The Bertz CT molecular complexity index is 2740. The maximum atomic E-state index is 8.77. The highest BCUT2D eigenvalue weighted by molar-refractivity contribution is 6.23. The van der Waals surface area contributed by atoms with E-state index in [-0.39, 0.29) is 5.82 Å². The second kappa shape index (κ2) is 11.1. The van der Waals surface area contributed by atoms with Crippen molar-refractivity contribution in [2.75, 3.05) is 0 Å². The molecule has 0 atom stereocenters. The number of aryl methyl sites for hydroxylation is 1. The molecule has 47 heavy (non-hydrogen) atoms. The van der Waals surface area contributed by atoms with Gasteiger partial charge in [-0.25, -0.2) is 4.98 Å². The monoisotopic (exact) mass is 605 g/mol. The van der Waals surface area contributed by atoms with E-state index < -0.39 is 13.2 Å². The van der Waals surface area contributed by atoms with Crippen molar-refractivity contribution in [2.24, 2.45) is 0 Å². The zero-order chi connectivity index (χ0) is 35.6. The Morgan fingerprint density at radius 3 is 1.70 bits per heavy atom. The van der Waals surface area contributed by atoms with Gasteiger partial charge in [-0.05, 0) is 78.5 Å². The molecule has 0 amide bonds. The molecule has 0 saturated carbocycles. The van der Waals surface area contributed by atoms with Gasteiger partial charge in [0, 0.05) is 18.6 Å². The molecule has 0 radical (unpaired) electrons. The molecule has 222 valence electrons. The van der Waals surface area contributed by atoms with Crippen LogP contribution in [0.5, 0.6) is 0 Å². The van der Waals surface area contributed by atoms with Crippen LogP contribution in [0, 0.1) is 0 Å². The predicted octanol–water partition coefficient (Wildman–Crippen LogP) is 12.0. The van der Waals surface area contributed by atoms with Crippen molar-refractivity contribution in [1.82, 2.24) is 9.55 Å². The van der Waals surface area contributed by atoms with Crippen LogP contribution in [-0.4, -0.2) is 9.55 Å². The first-order chi connectivity index (χ1) is 25.2. The van der Waals surface area contributed by atoms with Crippen molar-refractivity contribution >= 4 is 43.4 Å². The van der Waals surface area contributed by atoms with Gasteiger partial charge in [-0.3, -0.25) is 4.57 Å². The fraction of sp³-hybridized carbons (Fsp3) is 0.0444. The summed E-state index contributed by atoms with van der Waals surface area (Å²) in [5.74, 6) is -0.148. The molecule has 9 rings (SSSR count). The summed E-state index contributed by atoms with van der Waals surface area (Å²) in [5, 5.41) is 6.35. The minimum Gasteiger partial charge on any atom is -0.296 e. The summed E-state index contributed by atoms with van der Waals surface area (Å²) in [6, 6.07) is 55.8. The highest BCUT2D eigenvalue weighted by Gasteiger charge is 2.20. The summed E-state index contributed by atoms with van der Waals surface area (Å²) in [5.41, 5.74) is 8.64. The molecular weight excluding hydrogens is 569 g/mol. The third kappa shape index (κ3) is 4.37. The van der Waals surface area contributed by atoms with Gasteiger partial charge in [-0.15, -0.1) is 0 Å². The van der Waals surface area contributed by atoms with Crippen LogP contribution in [0.3, 0.4) is 0 Å². The van der Waals surface area contributed by atoms with Crippen LogP contribution >= 0.6 is 0 Å². The highest BCUT2D eigenvalue weighted by Crippen LogP contribution is 2.46. The average molecular weight is 606 g/mol. The maximum absolute atomic E-state index is 8.77. The van der Waals surface area contributed by atoms with Gasteiger partial charge in [0.25, 0.3) is 0 Å². The molecule has 0 N–H and O–H groups in total. The standard InChI is InChI=1S/C45H32N2/c1-2-43-46-40-22-12-13-23-42(40)47(43)41-29-28-39(33-16-6-7-17-34(33)41)45-37-20-10-8-18-35(37)44(36-19-9-11-21-38(36)45)32-26-24-31(25-27-32)30-14-4-3-5-15-30/h3-29H,2H2,1H3/i1D3,2D2. The molecule has 8 aromatic carbocycles. The molecule has 1 aromatic heterocycles. The zero-order valence-corrected chi connectivity index (χ0v) is 25.5. The number of benzene rings is 8. The number of fused-ring (bicyclic) bond motifs is 4. The topological polar surface area (TPSA) is 17.8 Å². The van der Waals surface area contributed by atoms with E-state index in [0.29, 0.717) is 16.7 Å². The first-order valence-corrected chi connectivity index (χ1v) is 15.8. The molecule has 0 saturated heterocycles. The molecule has 0 bridgehead atoms. The quantitative estimate of drug-likeness (QED) is 0.178. The third-order valence-electron chi connectivity index (χ3n) is 9.30. The number of para-hydroxylation sites is 2. The van der Waals surface area contributed by atoms with Crippen LogP contribution < -0.4 is 0 Å². The Balaban J connectivity index is 1.31. The zero-order valence-electron chi connectivity index (χ0n) is 30.5. The minimum absolute atomic E-state index is 0.148. The Morgan fingerprint density at radius 2 is 1.02 bits per heavy atom. The second-order valence-electron chi connectivity index (χ2n) is 11.8. The normalized spacial score (nSPS) is 13.7. The lowest BCUT2D eigenvalue weighted by atomic mass is 9.84. The van der Waals surface area contributed by atoms with Crippen molar-refractivity contribution in [3.63, 3.8) is 0 Å². The van der Waals surface area contributed by atoms with Crippen molar-refractivity contribution < 1.29 is 6.85 Å². The number of aromatic nitrogens is 2. The third-order valence-corrected chi connectivity index (χ3v) is 9.30. The van der Waals surface area contributed by atoms with Gasteiger partial charge in [0.15, 0.2) is 0 Å². The number of nitrogens with zero attached hydrogens (tertiary/aromatic N) is 2. The first-order valence-electron chi connectivity index (χ1n) is 18.3. The Kier molecular flexibility index (Phi) is 5.32. The van der Waals surface area contributed by atoms with Gasteiger partial charge in [0.2, 0.25) is 0 Å². The van der Waals surface area contributed by atoms with Gasteiger partial charge in [-0.2, -0.15) is 0 Å². The van der Waals surface area contributed by atoms with Crippen molar-refractivity contribution in [3.05, 3.63) is 170 Å². The fourth-order valence-corrected chi connectivity index (χ4v) is 7.24. The van der Waals surface area contributed by atoms with Crippen LogP contribution in [0.2, 0.25) is 0 Å². The van der Waals surface area contributed by atoms with Crippen LogP contribution in [0.1, 0.15) is 19.5 Å². The lowest BCUT2D eigenvalue weighted by molar-refractivity contribution is 0.913. The van der Waals surface area contributed by atoms with Crippen LogP contribution in [0.4, 0.5) is 0 Å². The average Bonchev–Trinajstić information content (AvgIpc) is 3.57. The molecular formula is C45H32N2. The second-order valence-corrected chi connectivity index (χ2v) is 11.8. The van der Waals surface area contributed by atoms with Crippen LogP contribution in [0.15, 0.2) is 164 Å². The van der Waals surface area contributed by atoms with E-state index >= 15 is 0 Å². The van der Waals surface area contributed by atoms with Crippen LogP contribution in [-0.2, 0) is 6.37 Å². The Morgan fingerprint density at radius 1 is 0.489 bits per heavy atom. The van der Waals surface area contributed by atoms with E-state index in [1.165, 1.54) is 16.7 Å². The molecule has 0 fully saturated rings. The molecule has 0 spiro atoms. The highest BCUT2D eigenvalue weighted by atomic mass is 15.1. The maximum Gasteiger partial charge on any atom is 0.114 e. The predicted molar refractivity (Wildman–Crippen MR) is 199 cm³/mol. The SMILES string of the molecule is [2H]C([2H])([2H])C([2H])([2H])c1nc2ccccc2n1-c1ccc(-c2c3ccccc3c(-c3ccc(-c4ccccc4)cc3)c3ccccc23)c2ccccc12. The molecule has 2 nitrogen and oxygen atoms in total. The number of rotatable bonds is 5. The fourth-order valence-electron chi connectivity index (χ4n) is 7.24. The van der Waals surface area contributed by atoms with Crippen LogP contribution in [0.25, 0.3) is 82.4 Å². The molecule has 0 aliphatic carbocycles. The van der Waals surface area contributed by atoms with Crippen molar-refractivity contribution in [2.45, 2.75) is 13.2 Å². The summed E-state index contributed by atoms with van der Waals surface area (Å²) in [6.45, 7) is -2.93. The smallest absolute Gasteiger partial charge is 0.114 e. The van der Waals surface area contributed by atoms with Crippen molar-refractivity contribution in [3.8, 4) is 39.1 Å². The van der Waals surface area contributed by atoms with Crippen molar-refractivity contribution in [1.29, 1.82) is 0 Å². The number of hydrogen-bond donors (Lipinski definition) is 0. The summed E-state index contributed by atoms with van der Waals surface area (Å²) in [6.07, 6.45) is -2.70. The number of imidazole rings is 1. The Labute approximate surface area is 281 Å². The van der Waals surface area contributed by atoms with Gasteiger partial charge in [-0.1, -0.05) is 152 Å². The number of hydrogen-bond acceptors (Lipinski definition) is 1. The largest absolute Gasteiger partial charge is 0.296 e.